The number of thiophene rings is 1. The first kappa shape index (κ1) is 13.7. The fourth-order valence-electron chi connectivity index (χ4n) is 3.26. The number of rotatable bonds is 2. The second kappa shape index (κ2) is 5.36. The van der Waals surface area contributed by atoms with Crippen LogP contribution in [0.2, 0.25) is 0 Å². The molecule has 2 heterocycles. The quantitative estimate of drug-likeness (QED) is 0.724. The molecule has 3 aromatic rings. The maximum atomic E-state index is 12.9. The lowest BCUT2D eigenvalue weighted by molar-refractivity contribution is 0.509. The molecule has 2 aromatic heterocycles. The average Bonchev–Trinajstić information content (AvgIpc) is 2.89. The topological polar surface area (TPSA) is 34.9 Å². The van der Waals surface area contributed by atoms with Crippen molar-refractivity contribution in [1.82, 2.24) is 9.55 Å². The van der Waals surface area contributed by atoms with E-state index in [9.17, 15) is 4.79 Å². The minimum Gasteiger partial charge on any atom is -0.294 e. The van der Waals surface area contributed by atoms with Gasteiger partial charge in [-0.2, -0.15) is 0 Å². The van der Waals surface area contributed by atoms with E-state index < -0.39 is 0 Å². The van der Waals surface area contributed by atoms with Crippen molar-refractivity contribution in [3.05, 3.63) is 63.0 Å². The lowest BCUT2D eigenvalue weighted by Crippen LogP contribution is -2.22. The molecule has 1 atom stereocenters. The monoisotopic (exact) mass is 310 g/mol. The number of hydrogen-bond donors (Lipinski definition) is 0. The molecule has 3 nitrogen and oxygen atoms in total. The Bertz CT molecular complexity index is 879. The summed E-state index contributed by atoms with van der Waals surface area (Å²) in [6.07, 6.45) is 4.98. The van der Waals surface area contributed by atoms with Crippen molar-refractivity contribution < 1.29 is 0 Å². The van der Waals surface area contributed by atoms with E-state index in [2.05, 4.69) is 11.9 Å². The van der Waals surface area contributed by atoms with Gasteiger partial charge in [0.2, 0.25) is 0 Å². The summed E-state index contributed by atoms with van der Waals surface area (Å²) in [6, 6.07) is 10.1. The Morgan fingerprint density at radius 2 is 2.14 bits per heavy atom. The van der Waals surface area contributed by atoms with E-state index in [0.29, 0.717) is 12.5 Å². The molecule has 4 rings (SSSR count). The number of aromatic nitrogens is 2. The molecule has 1 unspecified atom stereocenters. The van der Waals surface area contributed by atoms with E-state index in [-0.39, 0.29) is 5.56 Å². The van der Waals surface area contributed by atoms with Crippen LogP contribution in [0.1, 0.15) is 29.3 Å². The van der Waals surface area contributed by atoms with Crippen molar-refractivity contribution in [2.45, 2.75) is 32.7 Å². The molecule has 1 aromatic carbocycles. The fourth-order valence-corrected chi connectivity index (χ4v) is 4.60. The van der Waals surface area contributed by atoms with Gasteiger partial charge in [0.15, 0.2) is 0 Å². The Morgan fingerprint density at radius 1 is 1.32 bits per heavy atom. The zero-order valence-corrected chi connectivity index (χ0v) is 13.4. The molecule has 112 valence electrons. The largest absolute Gasteiger partial charge is 0.294 e. The van der Waals surface area contributed by atoms with Gasteiger partial charge in [-0.1, -0.05) is 37.3 Å². The first-order valence-corrected chi connectivity index (χ1v) is 8.57. The molecule has 0 bridgehead atoms. The molecule has 0 amide bonds. The second-order valence-corrected chi connectivity index (χ2v) is 7.28. The van der Waals surface area contributed by atoms with Crippen LogP contribution < -0.4 is 5.56 Å². The van der Waals surface area contributed by atoms with Gasteiger partial charge in [0.1, 0.15) is 4.83 Å². The van der Waals surface area contributed by atoms with Crippen LogP contribution in [0.25, 0.3) is 10.2 Å². The molecular weight excluding hydrogens is 292 g/mol. The van der Waals surface area contributed by atoms with Gasteiger partial charge in [-0.25, -0.2) is 4.98 Å². The van der Waals surface area contributed by atoms with E-state index in [1.807, 2.05) is 30.3 Å². The highest BCUT2D eigenvalue weighted by Gasteiger charge is 2.23. The van der Waals surface area contributed by atoms with Gasteiger partial charge in [0.05, 0.1) is 18.3 Å². The van der Waals surface area contributed by atoms with Gasteiger partial charge in [0.25, 0.3) is 5.56 Å². The highest BCUT2D eigenvalue weighted by atomic mass is 32.1. The molecule has 0 fully saturated rings. The Labute approximate surface area is 133 Å². The standard InChI is InChI=1S/C18H18N2OS/c1-12-7-8-14-15(9-12)22-17-16(14)18(21)20(11-19-17)10-13-5-3-2-4-6-13/h2-6,11-12H,7-10H2,1H3. The maximum Gasteiger partial charge on any atom is 0.262 e. The van der Waals surface area contributed by atoms with Gasteiger partial charge in [-0.05, 0) is 36.3 Å². The maximum absolute atomic E-state index is 12.9. The lowest BCUT2D eigenvalue weighted by Gasteiger charge is -2.17. The zero-order chi connectivity index (χ0) is 15.1. The van der Waals surface area contributed by atoms with Crippen LogP contribution in [-0.4, -0.2) is 9.55 Å². The van der Waals surface area contributed by atoms with Crippen molar-refractivity contribution in [3.63, 3.8) is 0 Å². The third-order valence-corrected chi connectivity index (χ3v) is 5.64. The lowest BCUT2D eigenvalue weighted by atomic mass is 9.89. The normalized spacial score (nSPS) is 17.6. The van der Waals surface area contributed by atoms with Gasteiger partial charge in [-0.3, -0.25) is 9.36 Å². The summed E-state index contributed by atoms with van der Waals surface area (Å²) in [5, 5.41) is 0.866. The summed E-state index contributed by atoms with van der Waals surface area (Å²) in [5.41, 5.74) is 2.50. The van der Waals surface area contributed by atoms with Gasteiger partial charge in [0, 0.05) is 4.88 Å². The first-order valence-electron chi connectivity index (χ1n) is 7.76. The Morgan fingerprint density at radius 3 is 2.95 bits per heavy atom. The van der Waals surface area contributed by atoms with Crippen LogP contribution in [0.4, 0.5) is 0 Å². The highest BCUT2D eigenvalue weighted by molar-refractivity contribution is 7.18. The summed E-state index contributed by atoms with van der Waals surface area (Å²) < 4.78 is 1.74. The zero-order valence-electron chi connectivity index (χ0n) is 12.6. The molecule has 4 heteroatoms. The predicted octanol–water partition coefficient (Wildman–Crippen LogP) is 3.63. The molecular formula is C18H18N2OS. The highest BCUT2D eigenvalue weighted by Crippen LogP contribution is 2.35. The third-order valence-electron chi connectivity index (χ3n) is 4.48. The molecule has 1 aliphatic rings. The SMILES string of the molecule is CC1CCc2c(sc3ncn(Cc4ccccc4)c(=O)c23)C1. The number of hydrogen-bond acceptors (Lipinski definition) is 3. The Kier molecular flexibility index (Phi) is 3.34. The van der Waals surface area contributed by atoms with Gasteiger partial charge >= 0.3 is 0 Å². The molecule has 0 N–H and O–H groups in total. The Balaban J connectivity index is 1.82. The van der Waals surface area contributed by atoms with Crippen molar-refractivity contribution in [1.29, 1.82) is 0 Å². The van der Waals surface area contributed by atoms with Crippen LogP contribution in [0.15, 0.2) is 41.5 Å². The molecule has 0 aliphatic heterocycles. The predicted molar refractivity (Wildman–Crippen MR) is 90.6 cm³/mol. The smallest absolute Gasteiger partial charge is 0.262 e. The van der Waals surface area contributed by atoms with Crippen molar-refractivity contribution in [2.75, 3.05) is 0 Å². The first-order chi connectivity index (χ1) is 10.7. The molecule has 0 spiro atoms. The van der Waals surface area contributed by atoms with Crippen molar-refractivity contribution >= 4 is 21.6 Å². The van der Waals surface area contributed by atoms with Crippen LogP contribution >= 0.6 is 11.3 Å². The summed E-state index contributed by atoms with van der Waals surface area (Å²) in [6.45, 7) is 2.87. The van der Waals surface area contributed by atoms with E-state index in [1.54, 1.807) is 22.2 Å². The van der Waals surface area contributed by atoms with Crippen molar-refractivity contribution in [2.24, 2.45) is 5.92 Å². The average molecular weight is 310 g/mol. The minimum atomic E-state index is 0.112. The summed E-state index contributed by atoms with van der Waals surface area (Å²) in [4.78, 5) is 19.7. The number of benzene rings is 1. The van der Waals surface area contributed by atoms with Crippen molar-refractivity contribution in [3.8, 4) is 0 Å². The molecule has 0 saturated carbocycles. The van der Waals surface area contributed by atoms with E-state index in [1.165, 1.54) is 16.9 Å². The molecule has 22 heavy (non-hydrogen) atoms. The molecule has 0 saturated heterocycles. The Hall–Kier alpha value is -1.94. The molecule has 0 radical (unpaired) electrons. The van der Waals surface area contributed by atoms with E-state index >= 15 is 0 Å². The fraction of sp³-hybridized carbons (Fsp3) is 0.333. The minimum absolute atomic E-state index is 0.112. The number of fused-ring (bicyclic) bond motifs is 3. The summed E-state index contributed by atoms with van der Waals surface area (Å²) in [7, 11) is 0. The van der Waals surface area contributed by atoms with Crippen LogP contribution in [0, 0.1) is 5.92 Å². The molecule has 1 aliphatic carbocycles. The number of aryl methyl sites for hydroxylation is 1. The van der Waals surface area contributed by atoms with Gasteiger partial charge < -0.3 is 0 Å². The van der Waals surface area contributed by atoms with Crippen LogP contribution in [0.5, 0.6) is 0 Å². The van der Waals surface area contributed by atoms with E-state index in [0.717, 1.165) is 28.6 Å². The second-order valence-electron chi connectivity index (χ2n) is 6.20. The van der Waals surface area contributed by atoms with Gasteiger partial charge in [-0.15, -0.1) is 11.3 Å². The van der Waals surface area contributed by atoms with Crippen LogP contribution in [-0.2, 0) is 19.4 Å². The van der Waals surface area contributed by atoms with E-state index in [4.69, 9.17) is 0 Å². The summed E-state index contributed by atoms with van der Waals surface area (Å²) >= 11 is 1.71. The third kappa shape index (κ3) is 2.28. The summed E-state index contributed by atoms with van der Waals surface area (Å²) in [5.74, 6) is 0.715. The van der Waals surface area contributed by atoms with Crippen LogP contribution in [0.3, 0.4) is 0 Å². The number of nitrogens with zero attached hydrogens (tertiary/aromatic N) is 2.